The van der Waals surface area contributed by atoms with Gasteiger partial charge >= 0.3 is 0 Å². The molecule has 5 nitrogen and oxygen atoms in total. The van der Waals surface area contributed by atoms with E-state index in [9.17, 15) is 17.6 Å². The Bertz CT molecular complexity index is 591. The SMILES string of the molecule is COCCNC(=O)[C@@H](C)S(=O)(=O)c1ccc(F)c(Cl)c1. The van der Waals surface area contributed by atoms with Crippen LogP contribution in [0.15, 0.2) is 23.1 Å². The molecule has 0 spiro atoms. The summed E-state index contributed by atoms with van der Waals surface area (Å²) in [6.45, 7) is 1.75. The summed E-state index contributed by atoms with van der Waals surface area (Å²) < 4.78 is 42.2. The Balaban J connectivity index is 2.91. The van der Waals surface area contributed by atoms with E-state index in [1.165, 1.54) is 14.0 Å². The Morgan fingerprint density at radius 3 is 2.70 bits per heavy atom. The van der Waals surface area contributed by atoms with Gasteiger partial charge in [-0.05, 0) is 25.1 Å². The Hall–Kier alpha value is -1.18. The Labute approximate surface area is 122 Å². The summed E-state index contributed by atoms with van der Waals surface area (Å²) in [6.07, 6.45) is 0. The molecule has 8 heteroatoms. The largest absolute Gasteiger partial charge is 0.383 e. The van der Waals surface area contributed by atoms with Crippen LogP contribution in [0.2, 0.25) is 5.02 Å². The molecule has 1 rings (SSSR count). The molecule has 0 heterocycles. The van der Waals surface area contributed by atoms with Gasteiger partial charge in [0.15, 0.2) is 9.84 Å². The predicted octanol–water partition coefficient (Wildman–Crippen LogP) is 1.40. The van der Waals surface area contributed by atoms with Gasteiger partial charge in [0.1, 0.15) is 11.1 Å². The van der Waals surface area contributed by atoms with Crippen LogP contribution in [0, 0.1) is 5.82 Å². The van der Waals surface area contributed by atoms with Gasteiger partial charge in [0.25, 0.3) is 0 Å². The first-order valence-corrected chi connectivity index (χ1v) is 7.68. The monoisotopic (exact) mass is 323 g/mol. The molecule has 0 radical (unpaired) electrons. The zero-order chi connectivity index (χ0) is 15.3. The molecule has 0 unspecified atom stereocenters. The second kappa shape index (κ2) is 7.01. The van der Waals surface area contributed by atoms with Crippen LogP contribution in [-0.4, -0.2) is 39.8 Å². The third-order valence-electron chi connectivity index (χ3n) is 2.66. The minimum Gasteiger partial charge on any atom is -0.383 e. The molecule has 1 atom stereocenters. The van der Waals surface area contributed by atoms with Gasteiger partial charge in [0, 0.05) is 13.7 Å². The van der Waals surface area contributed by atoms with E-state index in [2.05, 4.69) is 5.32 Å². The molecule has 0 aliphatic heterocycles. The Kier molecular flexibility index (Phi) is 5.91. The fraction of sp³-hybridized carbons (Fsp3) is 0.417. The maximum Gasteiger partial charge on any atom is 0.238 e. The molecule has 1 aromatic carbocycles. The van der Waals surface area contributed by atoms with Crippen LogP contribution >= 0.6 is 11.6 Å². The molecular weight excluding hydrogens is 309 g/mol. The summed E-state index contributed by atoms with van der Waals surface area (Å²) >= 11 is 5.55. The van der Waals surface area contributed by atoms with E-state index in [4.69, 9.17) is 16.3 Å². The van der Waals surface area contributed by atoms with Crippen LogP contribution in [0.4, 0.5) is 4.39 Å². The number of hydrogen-bond acceptors (Lipinski definition) is 4. The molecule has 0 saturated heterocycles. The van der Waals surface area contributed by atoms with Crippen LogP contribution in [0.25, 0.3) is 0 Å². The van der Waals surface area contributed by atoms with Gasteiger partial charge in [0.05, 0.1) is 16.5 Å². The minimum atomic E-state index is -3.92. The quantitative estimate of drug-likeness (QED) is 0.634. The number of sulfone groups is 1. The van der Waals surface area contributed by atoms with Gasteiger partial charge in [-0.25, -0.2) is 12.8 Å². The Morgan fingerprint density at radius 2 is 2.15 bits per heavy atom. The average molecular weight is 324 g/mol. The zero-order valence-electron chi connectivity index (χ0n) is 11.0. The van der Waals surface area contributed by atoms with Crippen molar-refractivity contribution < 1.29 is 22.3 Å². The number of rotatable bonds is 6. The minimum absolute atomic E-state index is 0.196. The number of nitrogens with one attached hydrogen (secondary N) is 1. The van der Waals surface area contributed by atoms with E-state index in [-0.39, 0.29) is 23.1 Å². The van der Waals surface area contributed by atoms with Crippen molar-refractivity contribution in [1.82, 2.24) is 5.32 Å². The lowest BCUT2D eigenvalue weighted by Gasteiger charge is -2.13. The molecule has 1 amide bonds. The van der Waals surface area contributed by atoms with Crippen molar-refractivity contribution in [3.8, 4) is 0 Å². The maximum atomic E-state index is 13.0. The number of carbonyl (C=O) groups excluding carboxylic acids is 1. The van der Waals surface area contributed by atoms with Crippen molar-refractivity contribution in [2.45, 2.75) is 17.1 Å². The van der Waals surface area contributed by atoms with Gasteiger partial charge in [-0.15, -0.1) is 0 Å². The van der Waals surface area contributed by atoms with Gasteiger partial charge in [-0.1, -0.05) is 11.6 Å². The lowest BCUT2D eigenvalue weighted by molar-refractivity contribution is -0.120. The van der Waals surface area contributed by atoms with Crippen LogP contribution < -0.4 is 5.32 Å². The van der Waals surface area contributed by atoms with Gasteiger partial charge in [-0.3, -0.25) is 4.79 Å². The number of hydrogen-bond donors (Lipinski definition) is 1. The van der Waals surface area contributed by atoms with Crippen molar-refractivity contribution in [2.75, 3.05) is 20.3 Å². The molecule has 0 aliphatic rings. The normalized spacial score (nSPS) is 13.0. The van der Waals surface area contributed by atoms with Gasteiger partial charge < -0.3 is 10.1 Å². The van der Waals surface area contributed by atoms with Crippen molar-refractivity contribution >= 4 is 27.3 Å². The van der Waals surface area contributed by atoms with Crippen molar-refractivity contribution in [3.05, 3.63) is 29.0 Å². The average Bonchev–Trinajstić information content (AvgIpc) is 2.40. The summed E-state index contributed by atoms with van der Waals surface area (Å²) in [7, 11) is -2.45. The number of methoxy groups -OCH3 is 1. The zero-order valence-corrected chi connectivity index (χ0v) is 12.6. The molecule has 1 N–H and O–H groups in total. The van der Waals surface area contributed by atoms with Crippen molar-refractivity contribution in [1.29, 1.82) is 0 Å². The smallest absolute Gasteiger partial charge is 0.238 e. The second-order valence-electron chi connectivity index (χ2n) is 4.05. The lowest BCUT2D eigenvalue weighted by atomic mass is 10.3. The first-order valence-electron chi connectivity index (χ1n) is 5.76. The molecule has 1 aromatic rings. The molecular formula is C12H15ClFNO4S. The van der Waals surface area contributed by atoms with Gasteiger partial charge in [-0.2, -0.15) is 0 Å². The standard InChI is InChI=1S/C12H15ClFNO4S/c1-8(12(16)15-5-6-19-2)20(17,18)9-3-4-11(14)10(13)7-9/h3-4,7-8H,5-6H2,1-2H3,(H,15,16)/t8-/m1/s1. The van der Waals surface area contributed by atoms with E-state index in [0.29, 0.717) is 0 Å². The summed E-state index contributed by atoms with van der Waals surface area (Å²) in [4.78, 5) is 11.5. The van der Waals surface area contributed by atoms with E-state index in [1.54, 1.807) is 0 Å². The highest BCUT2D eigenvalue weighted by Crippen LogP contribution is 2.22. The van der Waals surface area contributed by atoms with E-state index in [1.807, 2.05) is 0 Å². The molecule has 0 saturated carbocycles. The first kappa shape index (κ1) is 16.9. The molecule has 0 fully saturated rings. The highest BCUT2D eigenvalue weighted by molar-refractivity contribution is 7.92. The number of ether oxygens (including phenoxy) is 1. The Morgan fingerprint density at radius 1 is 1.50 bits per heavy atom. The van der Waals surface area contributed by atoms with Crippen LogP contribution in [0.5, 0.6) is 0 Å². The fourth-order valence-electron chi connectivity index (χ4n) is 1.42. The summed E-state index contributed by atoms with van der Waals surface area (Å²) in [6, 6.07) is 3.02. The molecule has 0 bridgehead atoms. The lowest BCUT2D eigenvalue weighted by Crippen LogP contribution is -2.39. The maximum absolute atomic E-state index is 13.0. The molecule has 112 valence electrons. The number of carbonyl (C=O) groups is 1. The third kappa shape index (κ3) is 3.91. The van der Waals surface area contributed by atoms with Gasteiger partial charge in [0.2, 0.25) is 5.91 Å². The summed E-state index contributed by atoms with van der Waals surface area (Å²) in [5.41, 5.74) is 0. The predicted molar refractivity (Wildman–Crippen MR) is 72.9 cm³/mol. The first-order chi connectivity index (χ1) is 9.30. The molecule has 20 heavy (non-hydrogen) atoms. The van der Waals surface area contributed by atoms with E-state index < -0.39 is 26.8 Å². The van der Waals surface area contributed by atoms with Crippen LogP contribution in [0.3, 0.4) is 0 Å². The van der Waals surface area contributed by atoms with Crippen molar-refractivity contribution in [2.24, 2.45) is 0 Å². The van der Waals surface area contributed by atoms with E-state index >= 15 is 0 Å². The number of halogens is 2. The number of amides is 1. The van der Waals surface area contributed by atoms with Crippen LogP contribution in [0.1, 0.15) is 6.92 Å². The molecule has 0 aromatic heterocycles. The highest BCUT2D eigenvalue weighted by atomic mass is 35.5. The summed E-state index contributed by atoms with van der Waals surface area (Å²) in [5.74, 6) is -1.37. The second-order valence-corrected chi connectivity index (χ2v) is 6.72. The van der Waals surface area contributed by atoms with Crippen LogP contribution in [-0.2, 0) is 19.4 Å². The topological polar surface area (TPSA) is 72.5 Å². The summed E-state index contributed by atoms with van der Waals surface area (Å²) in [5, 5.41) is 0.823. The highest BCUT2D eigenvalue weighted by Gasteiger charge is 2.30. The number of benzene rings is 1. The van der Waals surface area contributed by atoms with Crippen molar-refractivity contribution in [3.63, 3.8) is 0 Å². The van der Waals surface area contributed by atoms with E-state index in [0.717, 1.165) is 18.2 Å². The molecule has 0 aliphatic carbocycles. The third-order valence-corrected chi connectivity index (χ3v) is 5.01. The fourth-order valence-corrected chi connectivity index (χ4v) is 2.98.